The van der Waals surface area contributed by atoms with E-state index >= 15 is 0 Å². The summed E-state index contributed by atoms with van der Waals surface area (Å²) >= 11 is 0. The number of rotatable bonds is 5. The first-order valence-electron chi connectivity index (χ1n) is 5.68. The minimum absolute atomic E-state index is 0.259. The second-order valence-corrected chi connectivity index (χ2v) is 4.09. The van der Waals surface area contributed by atoms with Crippen LogP contribution in [0, 0.1) is 5.82 Å². The topological polar surface area (TPSA) is 86.6 Å². The SMILES string of the molecule is O=C(NCC[C@H](O)C(=O)O)c1ccc(F)c(C(F)(F)F)c1. The number of carbonyl (C=O) groups is 2. The van der Waals surface area contributed by atoms with Gasteiger partial charge in [0, 0.05) is 18.5 Å². The van der Waals surface area contributed by atoms with Crippen LogP contribution in [0.25, 0.3) is 0 Å². The number of carbonyl (C=O) groups excluding carboxylic acids is 1. The van der Waals surface area contributed by atoms with Crippen molar-refractivity contribution in [2.45, 2.75) is 18.7 Å². The van der Waals surface area contributed by atoms with Gasteiger partial charge in [0.2, 0.25) is 0 Å². The van der Waals surface area contributed by atoms with E-state index < -0.39 is 41.1 Å². The first-order chi connectivity index (χ1) is 9.62. The average molecular weight is 309 g/mol. The van der Waals surface area contributed by atoms with Gasteiger partial charge in [0.1, 0.15) is 5.82 Å². The third kappa shape index (κ3) is 4.71. The second kappa shape index (κ2) is 6.53. The Morgan fingerprint density at radius 3 is 2.43 bits per heavy atom. The summed E-state index contributed by atoms with van der Waals surface area (Å²) in [6, 6.07) is 1.75. The summed E-state index contributed by atoms with van der Waals surface area (Å²) in [5.74, 6) is -3.91. The lowest BCUT2D eigenvalue weighted by atomic mass is 10.1. The fourth-order valence-electron chi connectivity index (χ4n) is 1.43. The number of amides is 1. The van der Waals surface area contributed by atoms with E-state index in [2.05, 4.69) is 5.32 Å². The van der Waals surface area contributed by atoms with Gasteiger partial charge >= 0.3 is 12.1 Å². The molecule has 0 aromatic heterocycles. The third-order valence-electron chi connectivity index (χ3n) is 2.52. The first kappa shape index (κ1) is 16.9. The Balaban J connectivity index is 2.73. The first-order valence-corrected chi connectivity index (χ1v) is 5.68. The number of carboxylic acid groups (broad SMARTS) is 1. The van der Waals surface area contributed by atoms with Crippen molar-refractivity contribution in [2.24, 2.45) is 0 Å². The molecule has 0 radical (unpaired) electrons. The Morgan fingerprint density at radius 1 is 1.29 bits per heavy atom. The van der Waals surface area contributed by atoms with Crippen LogP contribution in [0.15, 0.2) is 18.2 Å². The number of nitrogens with one attached hydrogen (secondary N) is 1. The van der Waals surface area contributed by atoms with Crippen molar-refractivity contribution in [2.75, 3.05) is 6.54 Å². The number of aliphatic carboxylic acids is 1. The zero-order valence-electron chi connectivity index (χ0n) is 10.4. The van der Waals surface area contributed by atoms with Crippen LogP contribution in [0.3, 0.4) is 0 Å². The maximum absolute atomic E-state index is 13.0. The molecule has 0 aliphatic carbocycles. The number of aliphatic hydroxyl groups is 1. The van der Waals surface area contributed by atoms with Gasteiger partial charge in [-0.2, -0.15) is 13.2 Å². The van der Waals surface area contributed by atoms with Crippen LogP contribution < -0.4 is 5.32 Å². The summed E-state index contributed by atoms with van der Waals surface area (Å²) in [6.07, 6.45) is -6.93. The van der Waals surface area contributed by atoms with Gasteiger partial charge in [-0.1, -0.05) is 0 Å². The summed E-state index contributed by atoms with van der Waals surface area (Å²) < 4.78 is 50.4. The molecule has 0 saturated carbocycles. The van der Waals surface area contributed by atoms with Crippen molar-refractivity contribution in [1.82, 2.24) is 5.32 Å². The largest absolute Gasteiger partial charge is 0.479 e. The molecule has 1 aromatic rings. The van der Waals surface area contributed by atoms with Gasteiger partial charge in [0.25, 0.3) is 5.91 Å². The number of aliphatic hydroxyl groups excluding tert-OH is 1. The Hall–Kier alpha value is -2.16. The van der Waals surface area contributed by atoms with E-state index in [1.54, 1.807) is 0 Å². The van der Waals surface area contributed by atoms with Gasteiger partial charge in [0.15, 0.2) is 6.10 Å². The van der Waals surface area contributed by atoms with E-state index in [0.717, 1.165) is 6.07 Å². The van der Waals surface area contributed by atoms with Crippen molar-refractivity contribution in [3.8, 4) is 0 Å². The van der Waals surface area contributed by atoms with Crippen LogP contribution in [0.1, 0.15) is 22.3 Å². The maximum atomic E-state index is 13.0. The lowest BCUT2D eigenvalue weighted by molar-refractivity contribution is -0.146. The monoisotopic (exact) mass is 309 g/mol. The molecular formula is C12H11F4NO4. The minimum Gasteiger partial charge on any atom is -0.479 e. The molecule has 1 atom stereocenters. The molecule has 0 aliphatic heterocycles. The molecule has 1 aromatic carbocycles. The third-order valence-corrected chi connectivity index (χ3v) is 2.52. The number of alkyl halides is 3. The van der Waals surface area contributed by atoms with Crippen LogP contribution in [0.4, 0.5) is 17.6 Å². The standard InChI is InChI=1S/C12H11F4NO4/c13-8-2-1-6(5-7(8)12(14,15)16)10(19)17-4-3-9(18)11(20)21/h1-2,5,9,18H,3-4H2,(H,17,19)(H,20,21)/t9-/m0/s1. The van der Waals surface area contributed by atoms with E-state index in [9.17, 15) is 27.2 Å². The molecular weight excluding hydrogens is 298 g/mol. The quantitative estimate of drug-likeness (QED) is 0.718. The molecule has 0 unspecified atom stereocenters. The highest BCUT2D eigenvalue weighted by atomic mass is 19.4. The van der Waals surface area contributed by atoms with Gasteiger partial charge in [0.05, 0.1) is 5.56 Å². The maximum Gasteiger partial charge on any atom is 0.419 e. The van der Waals surface area contributed by atoms with Crippen molar-refractivity contribution >= 4 is 11.9 Å². The van der Waals surface area contributed by atoms with Crippen LogP contribution in [0.2, 0.25) is 0 Å². The average Bonchev–Trinajstić information content (AvgIpc) is 2.37. The zero-order valence-corrected chi connectivity index (χ0v) is 10.4. The molecule has 9 heteroatoms. The van der Waals surface area contributed by atoms with E-state index in [1.807, 2.05) is 0 Å². The molecule has 0 bridgehead atoms. The lowest BCUT2D eigenvalue weighted by Gasteiger charge is -2.11. The van der Waals surface area contributed by atoms with Crippen molar-refractivity contribution in [3.05, 3.63) is 35.1 Å². The normalized spacial score (nSPS) is 12.8. The van der Waals surface area contributed by atoms with E-state index in [1.165, 1.54) is 0 Å². The minimum atomic E-state index is -4.93. The highest BCUT2D eigenvalue weighted by Gasteiger charge is 2.34. The van der Waals surface area contributed by atoms with Gasteiger partial charge in [-0.25, -0.2) is 9.18 Å². The molecule has 1 rings (SSSR count). The number of halogens is 4. The van der Waals surface area contributed by atoms with Crippen LogP contribution in [-0.2, 0) is 11.0 Å². The fraction of sp³-hybridized carbons (Fsp3) is 0.333. The number of hydrogen-bond acceptors (Lipinski definition) is 3. The Labute approximate surface area is 116 Å². The van der Waals surface area contributed by atoms with Crippen LogP contribution in [-0.4, -0.2) is 34.7 Å². The predicted octanol–water partition coefficient (Wildman–Crippen LogP) is 1.41. The number of carboxylic acids is 1. The summed E-state index contributed by atoms with van der Waals surface area (Å²) in [7, 11) is 0. The van der Waals surface area contributed by atoms with E-state index in [0.29, 0.717) is 12.1 Å². The molecule has 0 fully saturated rings. The molecule has 0 heterocycles. The van der Waals surface area contributed by atoms with Crippen LogP contribution >= 0.6 is 0 Å². The van der Waals surface area contributed by atoms with Gasteiger partial charge < -0.3 is 15.5 Å². The number of hydrogen-bond donors (Lipinski definition) is 3. The second-order valence-electron chi connectivity index (χ2n) is 4.09. The molecule has 0 saturated heterocycles. The van der Waals surface area contributed by atoms with Crippen LogP contribution in [0.5, 0.6) is 0 Å². The van der Waals surface area contributed by atoms with Gasteiger partial charge in [-0.3, -0.25) is 4.79 Å². The molecule has 116 valence electrons. The van der Waals surface area contributed by atoms with E-state index in [-0.39, 0.29) is 13.0 Å². The Morgan fingerprint density at radius 2 is 1.90 bits per heavy atom. The predicted molar refractivity (Wildman–Crippen MR) is 62.0 cm³/mol. The number of benzene rings is 1. The highest BCUT2D eigenvalue weighted by molar-refractivity contribution is 5.94. The fourth-order valence-corrected chi connectivity index (χ4v) is 1.43. The van der Waals surface area contributed by atoms with Crippen molar-refractivity contribution in [3.63, 3.8) is 0 Å². The molecule has 21 heavy (non-hydrogen) atoms. The smallest absolute Gasteiger partial charge is 0.419 e. The summed E-state index contributed by atoms with van der Waals surface area (Å²) in [5, 5.41) is 19.5. The van der Waals surface area contributed by atoms with Gasteiger partial charge in [-0.15, -0.1) is 0 Å². The molecule has 3 N–H and O–H groups in total. The zero-order chi connectivity index (χ0) is 16.2. The summed E-state index contributed by atoms with van der Waals surface area (Å²) in [5.41, 5.74) is -1.99. The summed E-state index contributed by atoms with van der Waals surface area (Å²) in [4.78, 5) is 21.9. The molecule has 5 nitrogen and oxygen atoms in total. The summed E-state index contributed by atoms with van der Waals surface area (Å²) in [6.45, 7) is -0.259. The lowest BCUT2D eigenvalue weighted by Crippen LogP contribution is -2.30. The van der Waals surface area contributed by atoms with Gasteiger partial charge in [-0.05, 0) is 18.2 Å². The highest BCUT2D eigenvalue weighted by Crippen LogP contribution is 2.31. The van der Waals surface area contributed by atoms with Crippen molar-refractivity contribution in [1.29, 1.82) is 0 Å². The van der Waals surface area contributed by atoms with Crippen molar-refractivity contribution < 1.29 is 37.4 Å². The molecule has 1 amide bonds. The molecule has 0 aliphatic rings. The van der Waals surface area contributed by atoms with E-state index in [4.69, 9.17) is 10.2 Å². The molecule has 0 spiro atoms. The Bertz CT molecular complexity index is 545. The Kier molecular flexibility index (Phi) is 5.25.